The highest BCUT2D eigenvalue weighted by atomic mass is 35.5. The minimum atomic E-state index is -0.622. The lowest BCUT2D eigenvalue weighted by atomic mass is 10.1. The van der Waals surface area contributed by atoms with E-state index >= 15 is 0 Å². The highest BCUT2D eigenvalue weighted by molar-refractivity contribution is 6.33. The van der Waals surface area contributed by atoms with Crippen LogP contribution >= 0.6 is 11.6 Å². The van der Waals surface area contributed by atoms with Crippen molar-refractivity contribution in [2.24, 2.45) is 0 Å². The molecule has 2 amide bonds. The number of carbonyl (C=O) groups excluding carboxylic acids is 1. The van der Waals surface area contributed by atoms with Crippen LogP contribution < -0.4 is 10.6 Å². The molecular formula is C22H17ClN4O2. The zero-order valence-electron chi connectivity index (χ0n) is 15.2. The number of carbonyl (C=O) groups is 1. The smallest absolute Gasteiger partial charge is 0.320 e. The summed E-state index contributed by atoms with van der Waals surface area (Å²) in [5.41, 5.74) is 2.12. The second-order valence-corrected chi connectivity index (χ2v) is 6.64. The Morgan fingerprint density at radius 3 is 2.24 bits per heavy atom. The van der Waals surface area contributed by atoms with Crippen molar-refractivity contribution in [3.63, 3.8) is 0 Å². The van der Waals surface area contributed by atoms with Gasteiger partial charge in [-0.25, -0.2) is 4.79 Å². The van der Waals surface area contributed by atoms with Crippen molar-refractivity contribution in [2.75, 3.05) is 5.32 Å². The number of para-hydroxylation sites is 1. The fourth-order valence-corrected chi connectivity index (χ4v) is 3.06. The van der Waals surface area contributed by atoms with Crippen LogP contribution in [0.15, 0.2) is 89.3 Å². The molecule has 144 valence electrons. The molecule has 4 aromatic rings. The maximum atomic E-state index is 12.6. The molecule has 6 nitrogen and oxygen atoms in total. The Hall–Kier alpha value is -3.64. The number of urea groups is 1. The lowest BCUT2D eigenvalue weighted by Gasteiger charge is -2.16. The van der Waals surface area contributed by atoms with Crippen LogP contribution in [0.5, 0.6) is 0 Å². The van der Waals surface area contributed by atoms with E-state index in [1.165, 1.54) is 0 Å². The molecule has 0 spiro atoms. The Bertz CT molecular complexity index is 1100. The number of hydrogen-bond acceptors (Lipinski definition) is 4. The number of benzene rings is 3. The van der Waals surface area contributed by atoms with Crippen molar-refractivity contribution in [3.05, 3.63) is 101 Å². The molecule has 0 aliphatic rings. The largest absolute Gasteiger partial charge is 0.418 e. The number of halogens is 1. The van der Waals surface area contributed by atoms with E-state index < -0.39 is 6.04 Å². The van der Waals surface area contributed by atoms with E-state index in [2.05, 4.69) is 20.8 Å². The molecule has 1 heterocycles. The van der Waals surface area contributed by atoms with E-state index in [1.807, 2.05) is 60.7 Å². The maximum absolute atomic E-state index is 12.6. The van der Waals surface area contributed by atoms with Gasteiger partial charge in [-0.1, -0.05) is 72.3 Å². The molecule has 0 saturated carbocycles. The number of anilines is 1. The van der Waals surface area contributed by atoms with Crippen LogP contribution in [0.25, 0.3) is 11.5 Å². The first-order valence-electron chi connectivity index (χ1n) is 8.96. The highest BCUT2D eigenvalue weighted by Crippen LogP contribution is 2.29. The first-order valence-corrected chi connectivity index (χ1v) is 9.34. The van der Waals surface area contributed by atoms with Crippen LogP contribution in [0.2, 0.25) is 5.02 Å². The summed E-state index contributed by atoms with van der Waals surface area (Å²) in [5, 5.41) is 14.5. The molecular weight excluding hydrogens is 388 g/mol. The summed E-state index contributed by atoms with van der Waals surface area (Å²) in [6.07, 6.45) is 0. The predicted octanol–water partition coefficient (Wildman–Crippen LogP) is 5.30. The average Bonchev–Trinajstić information content (AvgIpc) is 3.23. The van der Waals surface area contributed by atoms with Crippen LogP contribution in [0, 0.1) is 0 Å². The van der Waals surface area contributed by atoms with E-state index in [9.17, 15) is 4.79 Å². The Morgan fingerprint density at radius 1 is 0.862 bits per heavy atom. The topological polar surface area (TPSA) is 80.0 Å². The maximum Gasteiger partial charge on any atom is 0.320 e. The Morgan fingerprint density at radius 2 is 1.52 bits per heavy atom. The number of amides is 2. The van der Waals surface area contributed by atoms with Crippen molar-refractivity contribution < 1.29 is 9.21 Å². The summed E-state index contributed by atoms with van der Waals surface area (Å²) in [6.45, 7) is 0. The zero-order chi connectivity index (χ0) is 20.1. The number of nitrogens with zero attached hydrogens (tertiary/aromatic N) is 2. The van der Waals surface area contributed by atoms with E-state index in [0.717, 1.165) is 5.56 Å². The molecule has 0 saturated heterocycles. The third kappa shape index (κ3) is 4.44. The van der Waals surface area contributed by atoms with E-state index in [-0.39, 0.29) is 17.8 Å². The Balaban J connectivity index is 1.62. The Labute approximate surface area is 172 Å². The lowest BCUT2D eigenvalue weighted by molar-refractivity contribution is 0.248. The zero-order valence-corrected chi connectivity index (χ0v) is 16.0. The SMILES string of the molecule is O=C(Nc1ccccc1)N[C@@H](c1ccccc1)c1nnc(-c2ccccc2Cl)o1. The van der Waals surface area contributed by atoms with Crippen LogP contribution in [-0.2, 0) is 0 Å². The minimum absolute atomic E-state index is 0.259. The van der Waals surface area contributed by atoms with Gasteiger partial charge >= 0.3 is 6.03 Å². The molecule has 4 rings (SSSR count). The fraction of sp³-hybridized carbons (Fsp3) is 0.0455. The van der Waals surface area contributed by atoms with Crippen molar-refractivity contribution in [2.45, 2.75) is 6.04 Å². The lowest BCUT2D eigenvalue weighted by Crippen LogP contribution is -2.33. The number of nitrogens with one attached hydrogen (secondary N) is 2. The van der Waals surface area contributed by atoms with Gasteiger partial charge in [0.15, 0.2) is 0 Å². The molecule has 2 N–H and O–H groups in total. The third-order valence-electron chi connectivity index (χ3n) is 4.23. The van der Waals surface area contributed by atoms with Gasteiger partial charge in [-0.2, -0.15) is 0 Å². The third-order valence-corrected chi connectivity index (χ3v) is 4.56. The molecule has 0 unspecified atom stereocenters. The number of rotatable bonds is 5. The quantitative estimate of drug-likeness (QED) is 0.473. The molecule has 3 aromatic carbocycles. The second-order valence-electron chi connectivity index (χ2n) is 6.23. The summed E-state index contributed by atoms with van der Waals surface area (Å²) in [5.74, 6) is 0.547. The van der Waals surface area contributed by atoms with Gasteiger partial charge in [0.25, 0.3) is 0 Å². The highest BCUT2D eigenvalue weighted by Gasteiger charge is 2.24. The molecule has 0 fully saturated rings. The molecule has 0 bridgehead atoms. The van der Waals surface area contributed by atoms with Crippen LogP contribution in [0.3, 0.4) is 0 Å². The molecule has 0 aliphatic carbocycles. The molecule has 7 heteroatoms. The molecule has 1 atom stereocenters. The molecule has 0 radical (unpaired) electrons. The van der Waals surface area contributed by atoms with Crippen molar-refractivity contribution >= 4 is 23.3 Å². The summed E-state index contributed by atoms with van der Waals surface area (Å²) < 4.78 is 5.87. The van der Waals surface area contributed by atoms with Gasteiger partial charge in [0.2, 0.25) is 11.8 Å². The minimum Gasteiger partial charge on any atom is -0.418 e. The second kappa shape index (κ2) is 8.58. The van der Waals surface area contributed by atoms with Crippen molar-refractivity contribution in [1.29, 1.82) is 0 Å². The fourth-order valence-electron chi connectivity index (χ4n) is 2.85. The number of hydrogen-bond donors (Lipinski definition) is 2. The normalized spacial score (nSPS) is 11.6. The average molecular weight is 405 g/mol. The van der Waals surface area contributed by atoms with Crippen LogP contribution in [-0.4, -0.2) is 16.2 Å². The standard InChI is InChI=1S/C22H17ClN4O2/c23-18-14-8-7-13-17(18)20-26-27-21(29-20)19(15-9-3-1-4-10-15)25-22(28)24-16-11-5-2-6-12-16/h1-14,19H,(H2,24,25,28)/t19-/m0/s1. The van der Waals surface area contributed by atoms with Crippen LogP contribution in [0.1, 0.15) is 17.5 Å². The van der Waals surface area contributed by atoms with E-state index in [0.29, 0.717) is 16.3 Å². The van der Waals surface area contributed by atoms with Crippen molar-refractivity contribution in [1.82, 2.24) is 15.5 Å². The monoisotopic (exact) mass is 404 g/mol. The van der Waals surface area contributed by atoms with Gasteiger partial charge < -0.3 is 15.1 Å². The van der Waals surface area contributed by atoms with E-state index in [1.54, 1.807) is 24.3 Å². The summed E-state index contributed by atoms with van der Waals surface area (Å²) in [6, 6.07) is 24.8. The molecule has 29 heavy (non-hydrogen) atoms. The Kier molecular flexibility index (Phi) is 5.54. The van der Waals surface area contributed by atoms with Crippen LogP contribution in [0.4, 0.5) is 10.5 Å². The summed E-state index contributed by atoms with van der Waals surface area (Å²) in [7, 11) is 0. The van der Waals surface area contributed by atoms with Gasteiger partial charge in [0, 0.05) is 5.69 Å². The first-order chi connectivity index (χ1) is 14.2. The molecule has 1 aromatic heterocycles. The first kappa shape index (κ1) is 18.7. The van der Waals surface area contributed by atoms with Gasteiger partial charge in [-0.05, 0) is 29.8 Å². The van der Waals surface area contributed by atoms with E-state index in [4.69, 9.17) is 16.0 Å². The summed E-state index contributed by atoms with van der Waals surface area (Å²) in [4.78, 5) is 12.6. The predicted molar refractivity (Wildman–Crippen MR) is 112 cm³/mol. The molecule has 0 aliphatic heterocycles. The van der Waals surface area contributed by atoms with Gasteiger partial charge in [0.05, 0.1) is 10.6 Å². The van der Waals surface area contributed by atoms with Gasteiger partial charge in [-0.15, -0.1) is 10.2 Å². The number of aromatic nitrogens is 2. The van der Waals surface area contributed by atoms with Gasteiger partial charge in [-0.3, -0.25) is 0 Å². The van der Waals surface area contributed by atoms with Gasteiger partial charge in [0.1, 0.15) is 6.04 Å². The van der Waals surface area contributed by atoms with Crippen molar-refractivity contribution in [3.8, 4) is 11.5 Å². The summed E-state index contributed by atoms with van der Waals surface area (Å²) >= 11 is 6.23.